The molecule has 0 heterocycles. The molecule has 0 amide bonds. The highest BCUT2D eigenvalue weighted by Crippen LogP contribution is 2.32. The minimum atomic E-state index is -0.174. The first-order valence-corrected chi connectivity index (χ1v) is 7.28. The van der Waals surface area contributed by atoms with Crippen molar-refractivity contribution in [3.8, 4) is 11.5 Å². The van der Waals surface area contributed by atoms with Crippen LogP contribution in [0.5, 0.6) is 11.5 Å². The number of hydrogen-bond acceptors (Lipinski definition) is 3. The molecule has 0 saturated carbocycles. The zero-order chi connectivity index (χ0) is 15.2. The Kier molecular flexibility index (Phi) is 5.23. The van der Waals surface area contributed by atoms with Crippen LogP contribution in [0, 0.1) is 6.92 Å². The van der Waals surface area contributed by atoms with Gasteiger partial charge < -0.3 is 15.2 Å². The normalized spacial score (nSPS) is 12.0. The summed E-state index contributed by atoms with van der Waals surface area (Å²) in [4.78, 5) is 0. The second-order valence-electron chi connectivity index (χ2n) is 5.04. The molecule has 2 N–H and O–H groups in total. The minimum Gasteiger partial charge on any atom is -0.493 e. The monoisotopic (exact) mass is 285 g/mol. The lowest BCUT2D eigenvalue weighted by atomic mass is 10.0. The van der Waals surface area contributed by atoms with Crippen LogP contribution in [0.25, 0.3) is 0 Å². The quantitative estimate of drug-likeness (QED) is 0.881. The van der Waals surface area contributed by atoms with Crippen molar-refractivity contribution < 1.29 is 9.47 Å². The molecule has 0 aliphatic heterocycles. The number of hydrogen-bond donors (Lipinski definition) is 1. The molecule has 1 atom stereocenters. The van der Waals surface area contributed by atoms with Crippen molar-refractivity contribution >= 4 is 0 Å². The van der Waals surface area contributed by atoms with E-state index in [-0.39, 0.29) is 6.10 Å². The van der Waals surface area contributed by atoms with Crippen LogP contribution in [0.4, 0.5) is 0 Å². The van der Waals surface area contributed by atoms with Crippen molar-refractivity contribution in [3.63, 3.8) is 0 Å². The number of nitrogens with two attached hydrogens (primary N) is 1. The van der Waals surface area contributed by atoms with Crippen LogP contribution in [0.1, 0.15) is 29.7 Å². The molecule has 1 unspecified atom stereocenters. The van der Waals surface area contributed by atoms with Gasteiger partial charge in [-0.1, -0.05) is 37.3 Å². The van der Waals surface area contributed by atoms with Crippen molar-refractivity contribution in [1.29, 1.82) is 0 Å². The molecule has 0 saturated heterocycles. The molecular weight excluding hydrogens is 262 g/mol. The van der Waals surface area contributed by atoms with E-state index in [0.29, 0.717) is 6.54 Å². The van der Waals surface area contributed by atoms with Crippen LogP contribution >= 0.6 is 0 Å². The van der Waals surface area contributed by atoms with Crippen LogP contribution in [-0.4, -0.2) is 13.7 Å². The second-order valence-corrected chi connectivity index (χ2v) is 5.04. The van der Waals surface area contributed by atoms with Crippen molar-refractivity contribution in [3.05, 3.63) is 59.2 Å². The summed E-state index contributed by atoms with van der Waals surface area (Å²) < 4.78 is 11.5. The Morgan fingerprint density at radius 2 is 1.86 bits per heavy atom. The molecule has 0 spiro atoms. The summed E-state index contributed by atoms with van der Waals surface area (Å²) in [6, 6.07) is 14.2. The molecule has 0 aromatic heterocycles. The SMILES string of the molecule is CCc1ccc(OC(CN)c2ccccc2C)c(OC)c1. The third-order valence-corrected chi connectivity index (χ3v) is 3.65. The van der Waals surface area contributed by atoms with Crippen LogP contribution in [0.2, 0.25) is 0 Å². The van der Waals surface area contributed by atoms with Gasteiger partial charge in [0.15, 0.2) is 11.5 Å². The Labute approximate surface area is 126 Å². The molecule has 3 heteroatoms. The maximum Gasteiger partial charge on any atom is 0.162 e. The van der Waals surface area contributed by atoms with Gasteiger partial charge in [0.1, 0.15) is 6.10 Å². The number of methoxy groups -OCH3 is 1. The lowest BCUT2D eigenvalue weighted by Crippen LogP contribution is -2.19. The summed E-state index contributed by atoms with van der Waals surface area (Å²) in [6.07, 6.45) is 0.793. The Bertz CT molecular complexity index is 596. The average Bonchev–Trinajstić information content (AvgIpc) is 2.53. The molecule has 2 aromatic rings. The van der Waals surface area contributed by atoms with E-state index in [0.717, 1.165) is 23.5 Å². The molecule has 3 nitrogen and oxygen atoms in total. The summed E-state index contributed by atoms with van der Waals surface area (Å²) in [7, 11) is 1.66. The van der Waals surface area contributed by atoms with Crippen LogP contribution < -0.4 is 15.2 Å². The molecule has 0 radical (unpaired) electrons. The van der Waals surface area contributed by atoms with Gasteiger partial charge >= 0.3 is 0 Å². The highest BCUT2D eigenvalue weighted by atomic mass is 16.5. The number of aryl methyl sites for hydroxylation is 2. The van der Waals surface area contributed by atoms with E-state index in [9.17, 15) is 0 Å². The molecule has 2 rings (SSSR count). The molecule has 2 aromatic carbocycles. The first-order valence-electron chi connectivity index (χ1n) is 7.28. The summed E-state index contributed by atoms with van der Waals surface area (Å²) >= 11 is 0. The van der Waals surface area contributed by atoms with E-state index in [2.05, 4.69) is 32.0 Å². The van der Waals surface area contributed by atoms with Gasteiger partial charge in [-0.25, -0.2) is 0 Å². The molecule has 0 bridgehead atoms. The van der Waals surface area contributed by atoms with E-state index in [4.69, 9.17) is 15.2 Å². The van der Waals surface area contributed by atoms with Crippen LogP contribution in [0.15, 0.2) is 42.5 Å². The zero-order valence-corrected chi connectivity index (χ0v) is 12.9. The van der Waals surface area contributed by atoms with Crippen molar-refractivity contribution in [2.75, 3.05) is 13.7 Å². The van der Waals surface area contributed by atoms with Gasteiger partial charge in [-0.15, -0.1) is 0 Å². The minimum absolute atomic E-state index is 0.174. The fourth-order valence-electron chi connectivity index (χ4n) is 2.37. The third kappa shape index (κ3) is 3.56. The third-order valence-electron chi connectivity index (χ3n) is 3.65. The molecule has 0 aliphatic rings. The maximum absolute atomic E-state index is 6.10. The van der Waals surface area contributed by atoms with E-state index in [1.165, 1.54) is 11.1 Å². The molecule has 21 heavy (non-hydrogen) atoms. The fraction of sp³-hybridized carbons (Fsp3) is 0.333. The fourth-order valence-corrected chi connectivity index (χ4v) is 2.37. The van der Waals surface area contributed by atoms with E-state index < -0.39 is 0 Å². The molecule has 0 fully saturated rings. The molecule has 0 aliphatic carbocycles. The number of rotatable bonds is 6. The van der Waals surface area contributed by atoms with E-state index in [1.807, 2.05) is 24.3 Å². The van der Waals surface area contributed by atoms with Crippen molar-refractivity contribution in [2.45, 2.75) is 26.4 Å². The van der Waals surface area contributed by atoms with Gasteiger partial charge in [-0.05, 0) is 42.2 Å². The maximum atomic E-state index is 6.10. The van der Waals surface area contributed by atoms with Gasteiger partial charge in [0.25, 0.3) is 0 Å². The van der Waals surface area contributed by atoms with Crippen molar-refractivity contribution in [2.24, 2.45) is 5.73 Å². The van der Waals surface area contributed by atoms with Crippen molar-refractivity contribution in [1.82, 2.24) is 0 Å². The van der Waals surface area contributed by atoms with E-state index in [1.54, 1.807) is 7.11 Å². The second kappa shape index (κ2) is 7.14. The predicted molar refractivity (Wildman–Crippen MR) is 86.0 cm³/mol. The number of ether oxygens (including phenoxy) is 2. The lowest BCUT2D eigenvalue weighted by Gasteiger charge is -2.21. The molecular formula is C18H23NO2. The van der Waals surface area contributed by atoms with Gasteiger partial charge in [-0.3, -0.25) is 0 Å². The van der Waals surface area contributed by atoms with Gasteiger partial charge in [0.05, 0.1) is 7.11 Å². The van der Waals surface area contributed by atoms with Gasteiger partial charge in [0.2, 0.25) is 0 Å². The predicted octanol–water partition coefficient (Wildman–Crippen LogP) is 3.64. The Hall–Kier alpha value is -2.00. The van der Waals surface area contributed by atoms with Gasteiger partial charge in [-0.2, -0.15) is 0 Å². The highest BCUT2D eigenvalue weighted by Gasteiger charge is 2.16. The summed E-state index contributed by atoms with van der Waals surface area (Å²) in [5.74, 6) is 1.48. The first kappa shape index (κ1) is 15.4. The molecule has 112 valence electrons. The number of benzene rings is 2. The average molecular weight is 285 g/mol. The summed E-state index contributed by atoms with van der Waals surface area (Å²) in [5.41, 5.74) is 9.42. The van der Waals surface area contributed by atoms with Crippen LogP contribution in [0.3, 0.4) is 0 Å². The van der Waals surface area contributed by atoms with Gasteiger partial charge in [0, 0.05) is 6.54 Å². The Morgan fingerprint density at radius 3 is 2.48 bits per heavy atom. The Balaban J connectivity index is 2.29. The Morgan fingerprint density at radius 1 is 1.10 bits per heavy atom. The summed E-state index contributed by atoms with van der Waals surface area (Å²) in [6.45, 7) is 4.60. The first-order chi connectivity index (χ1) is 10.2. The van der Waals surface area contributed by atoms with E-state index >= 15 is 0 Å². The zero-order valence-electron chi connectivity index (χ0n) is 12.9. The largest absolute Gasteiger partial charge is 0.493 e. The highest BCUT2D eigenvalue weighted by molar-refractivity contribution is 5.43. The standard InChI is InChI=1S/C18H23NO2/c1-4-14-9-10-16(17(11-14)20-3)21-18(12-19)15-8-6-5-7-13(15)2/h5-11,18H,4,12,19H2,1-3H3. The topological polar surface area (TPSA) is 44.5 Å². The lowest BCUT2D eigenvalue weighted by molar-refractivity contribution is 0.203. The summed E-state index contributed by atoms with van der Waals surface area (Å²) in [5, 5.41) is 0. The smallest absolute Gasteiger partial charge is 0.162 e. The van der Waals surface area contributed by atoms with Crippen LogP contribution in [-0.2, 0) is 6.42 Å².